The number of esters is 1. The molecule has 0 spiro atoms. The molecule has 1 unspecified atom stereocenters. The Morgan fingerprint density at radius 3 is 2.64 bits per heavy atom. The minimum absolute atomic E-state index is 0.0374. The first-order valence-corrected chi connectivity index (χ1v) is 9.42. The Hall–Kier alpha value is -2.45. The molecule has 1 amide bonds. The normalized spacial score (nSPS) is 11.7. The monoisotopic (exact) mass is 425 g/mol. The van der Waals surface area contributed by atoms with E-state index in [1.165, 1.54) is 0 Å². The predicted molar refractivity (Wildman–Crippen MR) is 106 cm³/mol. The number of aromatic amines is 1. The summed E-state index contributed by atoms with van der Waals surface area (Å²) in [5, 5.41) is 21.6. The Bertz CT molecular complexity index is 806. The van der Waals surface area contributed by atoms with Crippen molar-refractivity contribution < 1.29 is 14.3 Å². The van der Waals surface area contributed by atoms with Gasteiger partial charge in [-0.3, -0.25) is 10.2 Å². The number of rotatable bonds is 10. The van der Waals surface area contributed by atoms with E-state index in [4.69, 9.17) is 33.3 Å². The Morgan fingerprint density at radius 2 is 2.00 bits per heavy atom. The number of carbonyl (C=O) groups excluding carboxylic acids is 2. The van der Waals surface area contributed by atoms with Gasteiger partial charge in [0.25, 0.3) is 0 Å². The van der Waals surface area contributed by atoms with Gasteiger partial charge in [-0.25, -0.2) is 4.79 Å². The third kappa shape index (κ3) is 7.66. The van der Waals surface area contributed by atoms with Crippen molar-refractivity contribution in [2.75, 3.05) is 0 Å². The number of amides is 1. The summed E-state index contributed by atoms with van der Waals surface area (Å²) >= 11 is 11.8. The van der Waals surface area contributed by atoms with E-state index in [9.17, 15) is 9.59 Å². The Kier molecular flexibility index (Phi) is 8.41. The summed E-state index contributed by atoms with van der Waals surface area (Å²) in [5.41, 5.74) is 1.21. The molecular weight excluding hydrogens is 405 g/mol. The number of nitrogens with one attached hydrogen (secondary N) is 3. The fourth-order valence-electron chi connectivity index (χ4n) is 2.49. The maximum Gasteiger partial charge on any atom is 0.352 e. The maximum absolute atomic E-state index is 12.0. The Morgan fingerprint density at radius 1 is 1.29 bits per heavy atom. The number of benzene rings is 1. The molecule has 0 saturated carbocycles. The Balaban J connectivity index is 1.68. The minimum atomic E-state index is -0.747. The highest BCUT2D eigenvalue weighted by atomic mass is 35.5. The van der Waals surface area contributed by atoms with Crippen molar-refractivity contribution in [3.05, 3.63) is 45.7 Å². The van der Waals surface area contributed by atoms with Crippen LogP contribution >= 0.6 is 23.2 Å². The van der Waals surface area contributed by atoms with Gasteiger partial charge in [0, 0.05) is 28.9 Å². The average molecular weight is 426 g/mol. The zero-order valence-electron chi connectivity index (χ0n) is 15.3. The number of hydrogen-bond donors (Lipinski definition) is 3. The van der Waals surface area contributed by atoms with Crippen LogP contribution in [-0.2, 0) is 27.4 Å². The number of carbonyl (C=O) groups is 2. The quantitative estimate of drug-likeness (QED) is 0.398. The maximum atomic E-state index is 12.0. The molecule has 28 heavy (non-hydrogen) atoms. The summed E-state index contributed by atoms with van der Waals surface area (Å²) in [6.45, 7) is 1.69. The van der Waals surface area contributed by atoms with Crippen LogP contribution in [0.15, 0.2) is 24.4 Å². The molecule has 0 aliphatic rings. The molecule has 0 bridgehead atoms. The fraction of sp³-hybridized carbons (Fsp3) is 0.389. The van der Waals surface area contributed by atoms with Crippen LogP contribution in [0, 0.1) is 5.41 Å². The molecule has 8 nitrogen and oxygen atoms in total. The SMILES string of the molecule is CC(CC(=N)C(=O)OCc1cc(Cl)cc(Cl)c1)NC(=O)CCCc1cn[nH]n1. The number of halogens is 2. The summed E-state index contributed by atoms with van der Waals surface area (Å²) in [5.74, 6) is -0.894. The van der Waals surface area contributed by atoms with E-state index in [2.05, 4.69) is 20.7 Å². The minimum Gasteiger partial charge on any atom is -0.456 e. The summed E-state index contributed by atoms with van der Waals surface area (Å²) in [7, 11) is 0. The summed E-state index contributed by atoms with van der Waals surface area (Å²) in [4.78, 5) is 23.9. The molecule has 2 aromatic rings. The van der Waals surface area contributed by atoms with Crippen LogP contribution in [0.2, 0.25) is 10.0 Å². The van der Waals surface area contributed by atoms with E-state index in [0.717, 1.165) is 5.69 Å². The lowest BCUT2D eigenvalue weighted by Crippen LogP contribution is -2.35. The number of H-pyrrole nitrogens is 1. The smallest absolute Gasteiger partial charge is 0.352 e. The molecule has 10 heteroatoms. The highest BCUT2D eigenvalue weighted by Crippen LogP contribution is 2.19. The lowest BCUT2D eigenvalue weighted by molar-refractivity contribution is -0.137. The van der Waals surface area contributed by atoms with E-state index < -0.39 is 5.97 Å². The second-order valence-electron chi connectivity index (χ2n) is 6.32. The molecule has 3 N–H and O–H groups in total. The van der Waals surface area contributed by atoms with Crippen LogP contribution in [-0.4, -0.2) is 39.0 Å². The molecule has 2 rings (SSSR count). The van der Waals surface area contributed by atoms with E-state index in [1.54, 1.807) is 31.3 Å². The molecule has 1 aromatic heterocycles. The third-order valence-electron chi connectivity index (χ3n) is 3.76. The van der Waals surface area contributed by atoms with Gasteiger partial charge in [-0.15, -0.1) is 0 Å². The lowest BCUT2D eigenvalue weighted by Gasteiger charge is -2.14. The molecule has 0 fully saturated rings. The van der Waals surface area contributed by atoms with Crippen LogP contribution in [0.25, 0.3) is 0 Å². The van der Waals surface area contributed by atoms with Gasteiger partial charge in [-0.1, -0.05) is 23.2 Å². The van der Waals surface area contributed by atoms with Gasteiger partial charge < -0.3 is 10.1 Å². The van der Waals surface area contributed by atoms with Gasteiger partial charge >= 0.3 is 5.97 Å². The summed E-state index contributed by atoms with van der Waals surface area (Å²) in [6.07, 6.45) is 3.29. The highest BCUT2D eigenvalue weighted by Gasteiger charge is 2.17. The standard InChI is InChI=1S/C18H21Cl2N5O3/c1-11(23-17(26)4-2-3-15-9-22-25-24-15)5-16(21)18(27)28-10-12-6-13(19)8-14(20)7-12/h6-9,11,21H,2-5,10H2,1H3,(H,23,26)(H,22,24,25). The zero-order valence-corrected chi connectivity index (χ0v) is 16.8. The van der Waals surface area contributed by atoms with E-state index in [-0.39, 0.29) is 30.7 Å². The zero-order chi connectivity index (χ0) is 20.5. The second-order valence-corrected chi connectivity index (χ2v) is 7.19. The van der Waals surface area contributed by atoms with Gasteiger partial charge in [-0.2, -0.15) is 15.4 Å². The van der Waals surface area contributed by atoms with Crippen LogP contribution < -0.4 is 5.32 Å². The fourth-order valence-corrected chi connectivity index (χ4v) is 3.06. The summed E-state index contributed by atoms with van der Waals surface area (Å²) in [6, 6.07) is 4.48. The molecule has 0 aliphatic heterocycles. The highest BCUT2D eigenvalue weighted by molar-refractivity contribution is 6.35. The van der Waals surface area contributed by atoms with Crippen LogP contribution in [0.4, 0.5) is 0 Å². The van der Waals surface area contributed by atoms with E-state index in [0.29, 0.717) is 34.9 Å². The second kappa shape index (κ2) is 10.8. The van der Waals surface area contributed by atoms with Crippen molar-refractivity contribution >= 4 is 40.8 Å². The first-order chi connectivity index (χ1) is 13.3. The first kappa shape index (κ1) is 21.8. The van der Waals surface area contributed by atoms with Gasteiger partial charge in [-0.05, 0) is 43.5 Å². The first-order valence-electron chi connectivity index (χ1n) is 8.67. The molecule has 1 atom stereocenters. The van der Waals surface area contributed by atoms with Crippen molar-refractivity contribution in [3.8, 4) is 0 Å². The predicted octanol–water partition coefficient (Wildman–Crippen LogP) is 3.09. The van der Waals surface area contributed by atoms with Crippen LogP contribution in [0.3, 0.4) is 0 Å². The van der Waals surface area contributed by atoms with E-state index >= 15 is 0 Å². The lowest BCUT2D eigenvalue weighted by atomic mass is 10.1. The largest absolute Gasteiger partial charge is 0.456 e. The molecule has 150 valence electrons. The number of aryl methyl sites for hydroxylation is 1. The molecule has 0 radical (unpaired) electrons. The third-order valence-corrected chi connectivity index (χ3v) is 4.19. The van der Waals surface area contributed by atoms with Crippen molar-refractivity contribution in [1.82, 2.24) is 20.7 Å². The van der Waals surface area contributed by atoms with E-state index in [1.807, 2.05) is 0 Å². The summed E-state index contributed by atoms with van der Waals surface area (Å²) < 4.78 is 5.10. The van der Waals surface area contributed by atoms with Gasteiger partial charge in [0.05, 0.1) is 11.9 Å². The van der Waals surface area contributed by atoms with Gasteiger partial charge in [0.2, 0.25) is 5.91 Å². The number of ether oxygens (including phenoxy) is 1. The van der Waals surface area contributed by atoms with Crippen LogP contribution in [0.5, 0.6) is 0 Å². The molecule has 1 aromatic carbocycles. The molecular formula is C18H21Cl2N5O3. The van der Waals surface area contributed by atoms with Crippen molar-refractivity contribution in [3.63, 3.8) is 0 Å². The van der Waals surface area contributed by atoms with Crippen molar-refractivity contribution in [2.45, 2.75) is 45.3 Å². The van der Waals surface area contributed by atoms with Crippen LogP contribution in [0.1, 0.15) is 37.4 Å². The number of nitrogens with zero attached hydrogens (tertiary/aromatic N) is 2. The van der Waals surface area contributed by atoms with Gasteiger partial charge in [0.15, 0.2) is 0 Å². The molecule has 0 aliphatic carbocycles. The number of hydrogen-bond acceptors (Lipinski definition) is 6. The average Bonchev–Trinajstić information content (AvgIpc) is 3.12. The van der Waals surface area contributed by atoms with Crippen molar-refractivity contribution in [2.24, 2.45) is 0 Å². The Labute approximate surface area is 172 Å². The van der Waals surface area contributed by atoms with Crippen molar-refractivity contribution in [1.29, 1.82) is 5.41 Å². The van der Waals surface area contributed by atoms with Gasteiger partial charge in [0.1, 0.15) is 12.3 Å². The molecule has 0 saturated heterocycles. The topological polar surface area (TPSA) is 121 Å². The number of aromatic nitrogens is 3. The molecule has 1 heterocycles.